The van der Waals surface area contributed by atoms with Gasteiger partial charge in [-0.15, -0.1) is 0 Å². The topological polar surface area (TPSA) is 54.9 Å². The second-order valence-electron chi connectivity index (χ2n) is 7.54. The highest BCUT2D eigenvalue weighted by atomic mass is 16.5. The Morgan fingerprint density at radius 3 is 2.60 bits per heavy atom. The first kappa shape index (κ1) is 21.8. The molecule has 160 valence electrons. The smallest absolute Gasteiger partial charge is 0.246 e. The maximum absolute atomic E-state index is 12.6. The zero-order valence-corrected chi connectivity index (χ0v) is 18.1. The molecule has 1 saturated heterocycles. The van der Waals surface area contributed by atoms with E-state index in [0.717, 1.165) is 50.2 Å². The molecule has 1 aliphatic rings. The lowest BCUT2D eigenvalue weighted by Crippen LogP contribution is -2.45. The lowest BCUT2D eigenvalue weighted by atomic mass is 10.0. The molecule has 1 aromatic carbocycles. The van der Waals surface area contributed by atoms with Crippen LogP contribution >= 0.6 is 0 Å². The van der Waals surface area contributed by atoms with Crippen molar-refractivity contribution in [2.24, 2.45) is 0 Å². The lowest BCUT2D eigenvalue weighted by molar-refractivity contribution is -0.127. The van der Waals surface area contributed by atoms with Crippen molar-refractivity contribution in [3.05, 3.63) is 59.9 Å². The first-order valence-electron chi connectivity index (χ1n) is 10.4. The molecule has 30 heavy (non-hydrogen) atoms. The van der Waals surface area contributed by atoms with E-state index < -0.39 is 0 Å². The van der Waals surface area contributed by atoms with Crippen molar-refractivity contribution >= 4 is 12.0 Å². The maximum atomic E-state index is 12.6. The highest BCUT2D eigenvalue weighted by Crippen LogP contribution is 2.28. The molecular formula is C24H31N3O3. The summed E-state index contributed by atoms with van der Waals surface area (Å²) in [6.07, 6.45) is 8.26. The molecule has 0 unspecified atom stereocenters. The molecule has 1 aromatic heterocycles. The van der Waals surface area contributed by atoms with Crippen LogP contribution in [-0.4, -0.2) is 67.6 Å². The summed E-state index contributed by atoms with van der Waals surface area (Å²) in [5.74, 6) is 1.35. The third-order valence-corrected chi connectivity index (χ3v) is 5.69. The number of carbonyl (C=O) groups is 1. The quantitative estimate of drug-likeness (QED) is 0.627. The Morgan fingerprint density at radius 1 is 1.17 bits per heavy atom. The molecule has 0 radical (unpaired) electrons. The zero-order chi connectivity index (χ0) is 21.3. The summed E-state index contributed by atoms with van der Waals surface area (Å²) in [7, 11) is 5.11. The Morgan fingerprint density at radius 2 is 1.93 bits per heavy atom. The summed E-state index contributed by atoms with van der Waals surface area (Å²) in [5, 5.41) is 0. The number of benzene rings is 1. The zero-order valence-electron chi connectivity index (χ0n) is 18.1. The van der Waals surface area contributed by atoms with Gasteiger partial charge in [-0.3, -0.25) is 9.78 Å². The number of aromatic nitrogens is 1. The van der Waals surface area contributed by atoms with Crippen molar-refractivity contribution < 1.29 is 14.3 Å². The number of piperidine rings is 1. The van der Waals surface area contributed by atoms with Gasteiger partial charge >= 0.3 is 0 Å². The molecule has 6 nitrogen and oxygen atoms in total. The van der Waals surface area contributed by atoms with E-state index in [2.05, 4.69) is 16.0 Å². The minimum atomic E-state index is 0.0247. The minimum absolute atomic E-state index is 0.0247. The van der Waals surface area contributed by atoms with Gasteiger partial charge < -0.3 is 19.3 Å². The van der Waals surface area contributed by atoms with Crippen LogP contribution in [0.25, 0.3) is 6.08 Å². The Hall–Kier alpha value is -2.86. The molecule has 1 amide bonds. The Balaban J connectivity index is 1.48. The normalized spacial score (nSPS) is 15.3. The molecule has 0 bridgehead atoms. The average molecular weight is 410 g/mol. The van der Waals surface area contributed by atoms with E-state index in [1.54, 1.807) is 20.3 Å². The van der Waals surface area contributed by atoms with Gasteiger partial charge in [-0.05, 0) is 48.7 Å². The van der Waals surface area contributed by atoms with Crippen LogP contribution in [-0.2, 0) is 11.2 Å². The first-order valence-corrected chi connectivity index (χ1v) is 10.4. The maximum Gasteiger partial charge on any atom is 0.246 e. The summed E-state index contributed by atoms with van der Waals surface area (Å²) >= 11 is 0. The van der Waals surface area contributed by atoms with E-state index in [1.165, 1.54) is 0 Å². The van der Waals surface area contributed by atoms with Gasteiger partial charge in [-0.1, -0.05) is 12.1 Å². The van der Waals surface area contributed by atoms with E-state index in [9.17, 15) is 4.79 Å². The molecule has 0 N–H and O–H groups in total. The van der Waals surface area contributed by atoms with E-state index in [0.29, 0.717) is 11.5 Å². The van der Waals surface area contributed by atoms with E-state index in [-0.39, 0.29) is 11.9 Å². The Bertz CT molecular complexity index is 846. The molecule has 0 saturated carbocycles. The van der Waals surface area contributed by atoms with Crippen molar-refractivity contribution in [3.8, 4) is 11.5 Å². The molecule has 1 aliphatic heterocycles. The second-order valence-corrected chi connectivity index (χ2v) is 7.54. The van der Waals surface area contributed by atoms with Gasteiger partial charge in [0.1, 0.15) is 0 Å². The van der Waals surface area contributed by atoms with Gasteiger partial charge in [-0.2, -0.15) is 0 Å². The van der Waals surface area contributed by atoms with Gasteiger partial charge in [0.15, 0.2) is 11.5 Å². The number of nitrogens with zero attached hydrogens (tertiary/aromatic N) is 3. The van der Waals surface area contributed by atoms with Gasteiger partial charge in [0.2, 0.25) is 5.91 Å². The summed E-state index contributed by atoms with van der Waals surface area (Å²) in [6.45, 7) is 3.03. The Labute approximate surface area is 179 Å². The number of hydrogen-bond donors (Lipinski definition) is 0. The predicted molar refractivity (Wildman–Crippen MR) is 119 cm³/mol. The van der Waals surface area contributed by atoms with Crippen molar-refractivity contribution in [3.63, 3.8) is 0 Å². The first-order chi connectivity index (χ1) is 14.6. The number of likely N-dealkylation sites (N-methyl/N-ethyl adjacent to an activating group) is 1. The third kappa shape index (κ3) is 5.83. The fourth-order valence-electron chi connectivity index (χ4n) is 3.77. The van der Waals surface area contributed by atoms with E-state index in [4.69, 9.17) is 9.47 Å². The van der Waals surface area contributed by atoms with Gasteiger partial charge in [0, 0.05) is 57.1 Å². The van der Waals surface area contributed by atoms with Crippen LogP contribution in [0.15, 0.2) is 48.7 Å². The van der Waals surface area contributed by atoms with Crippen LogP contribution in [0, 0.1) is 0 Å². The largest absolute Gasteiger partial charge is 0.493 e. The number of hydrogen-bond acceptors (Lipinski definition) is 5. The number of pyridine rings is 1. The molecule has 6 heteroatoms. The average Bonchev–Trinajstić information content (AvgIpc) is 2.81. The van der Waals surface area contributed by atoms with Crippen LogP contribution in [0.4, 0.5) is 0 Å². The Kier molecular flexibility index (Phi) is 7.85. The van der Waals surface area contributed by atoms with Crippen molar-refractivity contribution in [1.29, 1.82) is 0 Å². The van der Waals surface area contributed by atoms with Crippen LogP contribution in [0.5, 0.6) is 11.5 Å². The molecule has 0 atom stereocenters. The van der Waals surface area contributed by atoms with Crippen molar-refractivity contribution in [1.82, 2.24) is 14.8 Å². The molecule has 0 aliphatic carbocycles. The summed E-state index contributed by atoms with van der Waals surface area (Å²) < 4.78 is 10.6. The number of rotatable bonds is 8. The molecule has 2 heterocycles. The molecule has 3 rings (SSSR count). The predicted octanol–water partition coefficient (Wildman–Crippen LogP) is 3.28. The van der Waals surface area contributed by atoms with Gasteiger partial charge in [0.05, 0.1) is 14.2 Å². The minimum Gasteiger partial charge on any atom is -0.493 e. The molecule has 0 spiro atoms. The standard InChI is InChI=1S/C24H31N3O3/c1-26(24(28)10-8-19-7-9-22(29-2)23(18-19)30-3)21-12-16-27(17-13-21)15-11-20-6-4-5-14-25-20/h4-10,14,18,21H,11-13,15-17H2,1-3H3. The van der Waals surface area contributed by atoms with Crippen LogP contribution in [0.1, 0.15) is 24.1 Å². The fraction of sp³-hybridized carbons (Fsp3) is 0.417. The second kappa shape index (κ2) is 10.8. The third-order valence-electron chi connectivity index (χ3n) is 5.69. The number of ether oxygens (including phenoxy) is 2. The number of likely N-dealkylation sites (tertiary alicyclic amines) is 1. The van der Waals surface area contributed by atoms with E-state index >= 15 is 0 Å². The monoisotopic (exact) mass is 409 g/mol. The highest BCUT2D eigenvalue weighted by Gasteiger charge is 2.24. The van der Waals surface area contributed by atoms with Gasteiger partial charge in [-0.25, -0.2) is 0 Å². The van der Waals surface area contributed by atoms with Crippen molar-refractivity contribution in [2.75, 3.05) is 40.9 Å². The fourth-order valence-corrected chi connectivity index (χ4v) is 3.77. The van der Waals surface area contributed by atoms with Crippen molar-refractivity contribution in [2.45, 2.75) is 25.3 Å². The lowest BCUT2D eigenvalue weighted by Gasteiger charge is -2.36. The van der Waals surface area contributed by atoms with Crippen LogP contribution in [0.3, 0.4) is 0 Å². The number of amides is 1. The highest BCUT2D eigenvalue weighted by molar-refractivity contribution is 5.91. The SMILES string of the molecule is COc1ccc(C=CC(=O)N(C)C2CCN(CCc3ccccn3)CC2)cc1OC. The number of carbonyl (C=O) groups excluding carboxylic acids is 1. The van der Waals surface area contributed by atoms with Gasteiger partial charge in [0.25, 0.3) is 0 Å². The molecular weight excluding hydrogens is 378 g/mol. The van der Waals surface area contributed by atoms with Crippen LogP contribution in [0.2, 0.25) is 0 Å². The number of methoxy groups -OCH3 is 2. The van der Waals surface area contributed by atoms with E-state index in [1.807, 2.05) is 54.6 Å². The summed E-state index contributed by atoms with van der Waals surface area (Å²) in [4.78, 5) is 21.4. The summed E-state index contributed by atoms with van der Waals surface area (Å²) in [5.41, 5.74) is 2.03. The molecule has 2 aromatic rings. The summed E-state index contributed by atoms with van der Waals surface area (Å²) in [6, 6.07) is 11.9. The van der Waals surface area contributed by atoms with Crippen LogP contribution < -0.4 is 9.47 Å². The molecule has 1 fully saturated rings.